The Morgan fingerprint density at radius 3 is 2.67 bits per heavy atom. The highest BCUT2D eigenvalue weighted by atomic mass is 19.1. The summed E-state index contributed by atoms with van der Waals surface area (Å²) in [6, 6.07) is 8.31. The molecule has 1 amide bonds. The maximum Gasteiger partial charge on any atom is 0.260 e. The fraction of sp³-hybridized carbons (Fsp3) is 0.360. The molecule has 3 aliphatic rings. The van der Waals surface area contributed by atoms with Gasteiger partial charge < -0.3 is 20.1 Å². The number of benzene rings is 1. The lowest BCUT2D eigenvalue weighted by atomic mass is 9.93. The van der Waals surface area contributed by atoms with Crippen LogP contribution < -0.4 is 10.2 Å². The highest BCUT2D eigenvalue weighted by Gasteiger charge is 2.38. The van der Waals surface area contributed by atoms with Crippen LogP contribution in [0.4, 0.5) is 15.9 Å². The van der Waals surface area contributed by atoms with Crippen molar-refractivity contribution < 1.29 is 19.0 Å². The van der Waals surface area contributed by atoms with E-state index in [2.05, 4.69) is 15.1 Å². The summed E-state index contributed by atoms with van der Waals surface area (Å²) in [5, 5.41) is 11.8. The number of allylic oxidation sites excluding steroid dienone is 1. The number of amides is 1. The van der Waals surface area contributed by atoms with E-state index in [4.69, 9.17) is 14.8 Å². The number of hydrogen-bond acceptors (Lipinski definition) is 6. The summed E-state index contributed by atoms with van der Waals surface area (Å²) < 4.78 is 19.8. The zero-order valence-corrected chi connectivity index (χ0v) is 18.8. The Hall–Kier alpha value is -3.23. The molecular formula is C25H27FN4O3. The zero-order chi connectivity index (χ0) is 23.2. The van der Waals surface area contributed by atoms with Gasteiger partial charge in [-0.15, -0.1) is 0 Å². The summed E-state index contributed by atoms with van der Waals surface area (Å²) >= 11 is 0. The number of nitrogens with zero attached hydrogens (tertiary/aromatic N) is 3. The van der Waals surface area contributed by atoms with E-state index < -0.39 is 11.4 Å². The van der Waals surface area contributed by atoms with Crippen LogP contribution in [0.25, 0.3) is 11.1 Å². The molecule has 0 radical (unpaired) electrons. The zero-order valence-electron chi connectivity index (χ0n) is 18.8. The Morgan fingerprint density at radius 1 is 1.18 bits per heavy atom. The maximum atomic E-state index is 13.6. The molecule has 2 aromatic rings. The maximum absolute atomic E-state index is 13.6. The number of carbonyl (C=O) groups is 1. The van der Waals surface area contributed by atoms with Crippen LogP contribution in [0.5, 0.6) is 0 Å². The number of hydrogen-bond donors (Lipinski definition) is 2. The predicted octanol–water partition coefficient (Wildman–Crippen LogP) is 2.89. The third-order valence-electron chi connectivity index (χ3n) is 6.43. The normalized spacial score (nSPS) is 22.1. The van der Waals surface area contributed by atoms with Gasteiger partial charge in [-0.05, 0) is 50.3 Å². The molecule has 5 rings (SSSR count). The monoisotopic (exact) mass is 450 g/mol. The largest absolute Gasteiger partial charge is 0.482 e. The number of rotatable bonds is 4. The van der Waals surface area contributed by atoms with Gasteiger partial charge in [0, 0.05) is 55.6 Å². The van der Waals surface area contributed by atoms with Crippen LogP contribution in [0.2, 0.25) is 0 Å². The van der Waals surface area contributed by atoms with Crippen molar-refractivity contribution in [2.75, 3.05) is 49.5 Å². The number of β-amino-alcohol motifs (C(OH)–C–C–N with tert-alkyl or cyclic N) is 1. The number of pyridine rings is 1. The van der Waals surface area contributed by atoms with Gasteiger partial charge in [-0.25, -0.2) is 9.37 Å². The SMILES string of the molecule is CC1(C)OC(=C2C(=O)Nc3cc(F)ccc32)C=C1c1ccc(N2CCN(CCO)CC2)nc1. The molecule has 0 spiro atoms. The molecule has 33 heavy (non-hydrogen) atoms. The molecule has 1 fully saturated rings. The Morgan fingerprint density at radius 2 is 1.97 bits per heavy atom. The quantitative estimate of drug-likeness (QED) is 0.698. The molecule has 0 saturated carbocycles. The summed E-state index contributed by atoms with van der Waals surface area (Å²) in [7, 11) is 0. The lowest BCUT2D eigenvalue weighted by Crippen LogP contribution is -2.47. The minimum Gasteiger partial charge on any atom is -0.482 e. The Balaban J connectivity index is 1.41. The number of nitrogens with one attached hydrogen (secondary N) is 1. The number of aliphatic hydroxyl groups excluding tert-OH is 1. The third-order valence-corrected chi connectivity index (χ3v) is 6.43. The summed E-state index contributed by atoms with van der Waals surface area (Å²) in [5.74, 6) is 0.698. The van der Waals surface area contributed by atoms with Gasteiger partial charge in [-0.3, -0.25) is 9.69 Å². The van der Waals surface area contributed by atoms with E-state index in [0.29, 0.717) is 29.1 Å². The van der Waals surface area contributed by atoms with Gasteiger partial charge in [0.2, 0.25) is 0 Å². The molecule has 1 saturated heterocycles. The molecule has 0 aliphatic carbocycles. The van der Waals surface area contributed by atoms with E-state index in [9.17, 15) is 9.18 Å². The number of fused-ring (bicyclic) bond motifs is 1. The first-order chi connectivity index (χ1) is 15.9. The summed E-state index contributed by atoms with van der Waals surface area (Å²) in [4.78, 5) is 21.8. The Kier molecular flexibility index (Phi) is 5.42. The van der Waals surface area contributed by atoms with Crippen LogP contribution >= 0.6 is 0 Å². The standard InChI is InChI=1S/C25H27FN4O3/c1-25(2)19(14-21(33-25)23-18-5-4-17(26)13-20(18)28-24(23)32)16-3-6-22(27-15-16)30-9-7-29(8-10-30)11-12-31/h3-6,13-15,31H,7-12H2,1-2H3,(H,28,32). The van der Waals surface area contributed by atoms with Crippen LogP contribution in [0, 0.1) is 5.82 Å². The van der Waals surface area contributed by atoms with Gasteiger partial charge in [0.15, 0.2) is 0 Å². The van der Waals surface area contributed by atoms with Crippen molar-refractivity contribution in [2.24, 2.45) is 0 Å². The predicted molar refractivity (Wildman–Crippen MR) is 125 cm³/mol. The van der Waals surface area contributed by atoms with Gasteiger partial charge in [-0.1, -0.05) is 0 Å². The lowest BCUT2D eigenvalue weighted by molar-refractivity contribution is -0.111. The first kappa shape index (κ1) is 21.6. The smallest absolute Gasteiger partial charge is 0.260 e. The second-order valence-electron chi connectivity index (χ2n) is 9.01. The van der Waals surface area contributed by atoms with Crippen molar-refractivity contribution in [3.63, 3.8) is 0 Å². The van der Waals surface area contributed by atoms with Gasteiger partial charge in [-0.2, -0.15) is 0 Å². The topological polar surface area (TPSA) is 77.9 Å². The lowest BCUT2D eigenvalue weighted by Gasteiger charge is -2.35. The minimum atomic E-state index is -0.648. The third kappa shape index (κ3) is 4.00. The molecule has 2 N–H and O–H groups in total. The van der Waals surface area contributed by atoms with Gasteiger partial charge in [0.1, 0.15) is 23.0 Å². The fourth-order valence-electron chi connectivity index (χ4n) is 4.68. The molecule has 1 aromatic heterocycles. The van der Waals surface area contributed by atoms with Gasteiger partial charge >= 0.3 is 0 Å². The van der Waals surface area contributed by atoms with Crippen molar-refractivity contribution in [3.05, 3.63) is 65.3 Å². The number of aliphatic hydroxyl groups is 1. The molecule has 4 heterocycles. The highest BCUT2D eigenvalue weighted by molar-refractivity contribution is 6.32. The molecule has 8 heteroatoms. The average molecular weight is 451 g/mol. The number of anilines is 2. The molecule has 3 aliphatic heterocycles. The van der Waals surface area contributed by atoms with E-state index in [-0.39, 0.29) is 12.5 Å². The molecule has 0 atom stereocenters. The summed E-state index contributed by atoms with van der Waals surface area (Å²) in [5.41, 5.74) is 2.72. The van der Waals surface area contributed by atoms with Crippen molar-refractivity contribution in [1.82, 2.24) is 9.88 Å². The Bertz CT molecular complexity index is 1150. The molecule has 1 aromatic carbocycles. The number of halogens is 1. The number of carbonyl (C=O) groups excluding carboxylic acids is 1. The Labute approximate surface area is 192 Å². The summed E-state index contributed by atoms with van der Waals surface area (Å²) in [6.07, 6.45) is 3.73. The fourth-order valence-corrected chi connectivity index (χ4v) is 4.68. The second-order valence-corrected chi connectivity index (χ2v) is 9.01. The van der Waals surface area contributed by atoms with Crippen molar-refractivity contribution in [2.45, 2.75) is 19.4 Å². The van der Waals surface area contributed by atoms with Crippen LogP contribution in [-0.2, 0) is 9.53 Å². The van der Waals surface area contributed by atoms with E-state index >= 15 is 0 Å². The van der Waals surface area contributed by atoms with E-state index in [1.165, 1.54) is 12.1 Å². The number of aromatic nitrogens is 1. The van der Waals surface area contributed by atoms with E-state index in [0.717, 1.165) is 43.1 Å². The molecule has 7 nitrogen and oxygen atoms in total. The molecular weight excluding hydrogens is 423 g/mol. The van der Waals surface area contributed by atoms with Gasteiger partial charge in [0.25, 0.3) is 5.91 Å². The van der Waals surface area contributed by atoms with Crippen LogP contribution in [0.3, 0.4) is 0 Å². The minimum absolute atomic E-state index is 0.183. The first-order valence-corrected chi connectivity index (χ1v) is 11.2. The van der Waals surface area contributed by atoms with E-state index in [1.54, 1.807) is 6.07 Å². The van der Waals surface area contributed by atoms with Crippen molar-refractivity contribution >= 4 is 28.6 Å². The number of ether oxygens (including phenoxy) is 1. The average Bonchev–Trinajstić information content (AvgIpc) is 3.28. The first-order valence-electron chi connectivity index (χ1n) is 11.2. The van der Waals surface area contributed by atoms with Crippen LogP contribution in [0.15, 0.2) is 48.4 Å². The molecule has 0 bridgehead atoms. The van der Waals surface area contributed by atoms with Crippen LogP contribution in [0.1, 0.15) is 25.0 Å². The van der Waals surface area contributed by atoms with Gasteiger partial charge in [0.05, 0.1) is 17.9 Å². The number of piperazine rings is 1. The summed E-state index contributed by atoms with van der Waals surface area (Å²) in [6.45, 7) is 8.35. The van der Waals surface area contributed by atoms with Crippen molar-refractivity contribution in [1.29, 1.82) is 0 Å². The van der Waals surface area contributed by atoms with Crippen LogP contribution in [-0.4, -0.2) is 65.8 Å². The van der Waals surface area contributed by atoms with Crippen molar-refractivity contribution in [3.8, 4) is 0 Å². The molecule has 172 valence electrons. The molecule has 0 unspecified atom stereocenters. The highest BCUT2D eigenvalue weighted by Crippen LogP contribution is 2.44. The van der Waals surface area contributed by atoms with E-state index in [1.807, 2.05) is 38.3 Å². The second kappa shape index (κ2) is 8.28.